The molecule has 0 amide bonds. The van der Waals surface area contributed by atoms with Gasteiger partial charge in [-0.2, -0.15) is 0 Å². The molecule has 0 heterocycles. The first-order chi connectivity index (χ1) is 5.86. The molecule has 0 aliphatic carbocycles. The summed E-state index contributed by atoms with van der Waals surface area (Å²) in [5.41, 5.74) is 1.22. The first-order valence-electron chi connectivity index (χ1n) is 3.80. The molecule has 1 heteroatoms. The molecule has 0 radical (unpaired) electrons. The van der Waals surface area contributed by atoms with E-state index >= 15 is 0 Å². The van der Waals surface area contributed by atoms with Crippen LogP contribution in [-0.4, -0.2) is 6.26 Å². The van der Waals surface area contributed by atoms with Crippen molar-refractivity contribution in [2.45, 2.75) is 4.90 Å². The predicted molar refractivity (Wildman–Crippen MR) is 57.5 cm³/mol. The molecule has 0 atom stereocenters. The Labute approximate surface area is 78.0 Å². The molecule has 0 N–H and O–H groups in total. The zero-order valence-corrected chi connectivity index (χ0v) is 7.97. The van der Waals surface area contributed by atoms with Gasteiger partial charge in [-0.25, -0.2) is 0 Å². The van der Waals surface area contributed by atoms with Crippen molar-refractivity contribution in [3.05, 3.63) is 48.6 Å². The van der Waals surface area contributed by atoms with Crippen molar-refractivity contribution in [3.8, 4) is 0 Å². The lowest BCUT2D eigenvalue weighted by Gasteiger charge is -1.96. The van der Waals surface area contributed by atoms with Crippen LogP contribution in [0.2, 0.25) is 0 Å². The van der Waals surface area contributed by atoms with Crippen molar-refractivity contribution >= 4 is 17.8 Å². The Hall–Kier alpha value is -0.950. The van der Waals surface area contributed by atoms with Crippen LogP contribution in [0.25, 0.3) is 6.08 Å². The molecule has 0 unspecified atom stereocenters. The first kappa shape index (κ1) is 9.14. The van der Waals surface area contributed by atoms with E-state index < -0.39 is 0 Å². The minimum Gasteiger partial charge on any atom is -0.130 e. The molecule has 0 bridgehead atoms. The molecule has 1 aromatic rings. The van der Waals surface area contributed by atoms with E-state index in [0.29, 0.717) is 0 Å². The fraction of sp³-hybridized carbons (Fsp3) is 0.0909. The van der Waals surface area contributed by atoms with E-state index in [1.165, 1.54) is 10.5 Å². The van der Waals surface area contributed by atoms with Gasteiger partial charge in [-0.3, -0.25) is 0 Å². The molecule has 0 nitrogen and oxygen atoms in total. The molecule has 62 valence electrons. The lowest BCUT2D eigenvalue weighted by Crippen LogP contribution is -1.72. The monoisotopic (exact) mass is 176 g/mol. The van der Waals surface area contributed by atoms with Gasteiger partial charge in [0.25, 0.3) is 0 Å². The van der Waals surface area contributed by atoms with Gasteiger partial charge in [-0.15, -0.1) is 11.8 Å². The zero-order chi connectivity index (χ0) is 8.81. The quantitative estimate of drug-likeness (QED) is 0.501. The number of hydrogen-bond acceptors (Lipinski definition) is 1. The van der Waals surface area contributed by atoms with Crippen molar-refractivity contribution in [1.82, 2.24) is 0 Å². The Morgan fingerprint density at radius 3 is 2.92 bits per heavy atom. The van der Waals surface area contributed by atoms with Crippen LogP contribution in [0.5, 0.6) is 0 Å². The zero-order valence-electron chi connectivity index (χ0n) is 7.16. The predicted octanol–water partition coefficient (Wildman–Crippen LogP) is 3.61. The van der Waals surface area contributed by atoms with Gasteiger partial charge >= 0.3 is 0 Å². The van der Waals surface area contributed by atoms with Crippen LogP contribution in [0.15, 0.2) is 47.9 Å². The fourth-order valence-corrected chi connectivity index (χ4v) is 1.39. The van der Waals surface area contributed by atoms with Gasteiger partial charge in [-0.1, -0.05) is 36.9 Å². The van der Waals surface area contributed by atoms with Crippen LogP contribution >= 0.6 is 11.8 Å². The second kappa shape index (κ2) is 4.83. The highest BCUT2D eigenvalue weighted by molar-refractivity contribution is 7.98. The van der Waals surface area contributed by atoms with Gasteiger partial charge in [0.05, 0.1) is 0 Å². The van der Waals surface area contributed by atoms with E-state index in [1.54, 1.807) is 17.8 Å². The maximum atomic E-state index is 3.63. The number of thioether (sulfide) groups is 1. The van der Waals surface area contributed by atoms with E-state index in [-0.39, 0.29) is 0 Å². The van der Waals surface area contributed by atoms with Crippen LogP contribution in [0.4, 0.5) is 0 Å². The topological polar surface area (TPSA) is 0 Å². The Morgan fingerprint density at radius 2 is 2.25 bits per heavy atom. The molecule has 0 aliphatic heterocycles. The van der Waals surface area contributed by atoms with Crippen molar-refractivity contribution in [2.24, 2.45) is 0 Å². The van der Waals surface area contributed by atoms with Gasteiger partial charge < -0.3 is 0 Å². The Balaban J connectivity index is 2.86. The average molecular weight is 176 g/mol. The summed E-state index contributed by atoms with van der Waals surface area (Å²) < 4.78 is 0. The Bertz CT molecular complexity index is 287. The fourth-order valence-electron chi connectivity index (χ4n) is 0.924. The highest BCUT2D eigenvalue weighted by atomic mass is 32.2. The minimum atomic E-state index is 1.22. The average Bonchev–Trinajstić information content (AvgIpc) is 2.15. The molecule has 0 spiro atoms. The standard InChI is InChI=1S/C11H12S/c1-3-4-6-10-7-5-8-11(9-10)12-2/h3-9H,1H2,2H3/b6-4-. The molecule has 0 fully saturated rings. The van der Waals surface area contributed by atoms with Crippen molar-refractivity contribution < 1.29 is 0 Å². The molecular weight excluding hydrogens is 164 g/mol. The van der Waals surface area contributed by atoms with Gasteiger partial charge in [0.15, 0.2) is 0 Å². The van der Waals surface area contributed by atoms with Crippen molar-refractivity contribution in [1.29, 1.82) is 0 Å². The number of hydrogen-bond donors (Lipinski definition) is 0. The summed E-state index contributed by atoms with van der Waals surface area (Å²) in [4.78, 5) is 1.29. The van der Waals surface area contributed by atoms with E-state index in [9.17, 15) is 0 Å². The summed E-state index contributed by atoms with van der Waals surface area (Å²) in [6.45, 7) is 3.63. The number of rotatable bonds is 3. The first-order valence-corrected chi connectivity index (χ1v) is 5.02. The van der Waals surface area contributed by atoms with Crippen LogP contribution in [0.3, 0.4) is 0 Å². The third kappa shape index (κ3) is 2.59. The summed E-state index contributed by atoms with van der Waals surface area (Å²) >= 11 is 1.76. The van der Waals surface area contributed by atoms with Crippen molar-refractivity contribution in [3.63, 3.8) is 0 Å². The SMILES string of the molecule is C=C/C=C\c1cccc(SC)c1. The number of benzene rings is 1. The summed E-state index contributed by atoms with van der Waals surface area (Å²) in [5, 5.41) is 0. The summed E-state index contributed by atoms with van der Waals surface area (Å²) in [5.74, 6) is 0. The maximum Gasteiger partial charge on any atom is 0.00750 e. The van der Waals surface area contributed by atoms with Crippen molar-refractivity contribution in [2.75, 3.05) is 6.26 Å². The molecule has 0 saturated carbocycles. The second-order valence-electron chi connectivity index (χ2n) is 2.37. The van der Waals surface area contributed by atoms with E-state index in [0.717, 1.165) is 0 Å². The molecule has 1 aromatic carbocycles. The minimum absolute atomic E-state index is 1.22. The van der Waals surface area contributed by atoms with Crippen LogP contribution in [-0.2, 0) is 0 Å². The molecule has 12 heavy (non-hydrogen) atoms. The highest BCUT2D eigenvalue weighted by Gasteiger charge is 1.89. The Kier molecular flexibility index (Phi) is 3.68. The number of allylic oxidation sites excluding steroid dienone is 2. The normalized spacial score (nSPS) is 10.4. The Morgan fingerprint density at radius 1 is 1.42 bits per heavy atom. The van der Waals surface area contributed by atoms with Crippen LogP contribution in [0, 0.1) is 0 Å². The summed E-state index contributed by atoms with van der Waals surface area (Å²) in [7, 11) is 0. The summed E-state index contributed by atoms with van der Waals surface area (Å²) in [6, 6.07) is 8.41. The van der Waals surface area contributed by atoms with Gasteiger partial charge in [0.1, 0.15) is 0 Å². The van der Waals surface area contributed by atoms with E-state index in [1.807, 2.05) is 12.2 Å². The van der Waals surface area contributed by atoms with Gasteiger partial charge in [-0.05, 0) is 24.0 Å². The third-order valence-electron chi connectivity index (χ3n) is 1.52. The third-order valence-corrected chi connectivity index (χ3v) is 2.24. The van der Waals surface area contributed by atoms with E-state index in [2.05, 4.69) is 37.1 Å². The lowest BCUT2D eigenvalue weighted by atomic mass is 10.2. The maximum absolute atomic E-state index is 3.63. The second-order valence-corrected chi connectivity index (χ2v) is 3.25. The van der Waals surface area contributed by atoms with E-state index in [4.69, 9.17) is 0 Å². The smallest absolute Gasteiger partial charge is 0.00750 e. The lowest BCUT2D eigenvalue weighted by molar-refractivity contribution is 1.45. The van der Waals surface area contributed by atoms with Crippen LogP contribution < -0.4 is 0 Å². The van der Waals surface area contributed by atoms with Crippen LogP contribution in [0.1, 0.15) is 5.56 Å². The molecule has 1 rings (SSSR count). The van der Waals surface area contributed by atoms with Gasteiger partial charge in [0.2, 0.25) is 0 Å². The molecule has 0 saturated heterocycles. The molecule has 0 aliphatic rings. The molecule has 0 aromatic heterocycles. The molecular formula is C11H12S. The summed E-state index contributed by atoms with van der Waals surface area (Å²) in [6.07, 6.45) is 7.86. The highest BCUT2D eigenvalue weighted by Crippen LogP contribution is 2.16. The largest absolute Gasteiger partial charge is 0.130 e. The van der Waals surface area contributed by atoms with Gasteiger partial charge in [0, 0.05) is 4.90 Å².